The number of aliphatic hydroxyl groups is 1. The molecule has 2 aromatic carbocycles. The summed E-state index contributed by atoms with van der Waals surface area (Å²) >= 11 is 6.31. The Labute approximate surface area is 172 Å². The van der Waals surface area contributed by atoms with Crippen LogP contribution in [0.25, 0.3) is 0 Å². The maximum absolute atomic E-state index is 12.5. The number of hydrogen-bond donors (Lipinski definition) is 2. The van der Waals surface area contributed by atoms with Gasteiger partial charge in [-0.2, -0.15) is 0 Å². The van der Waals surface area contributed by atoms with Crippen molar-refractivity contribution in [3.8, 4) is 0 Å². The number of halogens is 1. The first-order valence-electron chi connectivity index (χ1n) is 9.57. The number of benzene rings is 2. The smallest absolute Gasteiger partial charge is 0.162 e. The molecule has 0 saturated heterocycles. The molecule has 4 nitrogen and oxygen atoms in total. The van der Waals surface area contributed by atoms with Gasteiger partial charge in [0.25, 0.3) is 0 Å². The van der Waals surface area contributed by atoms with Crippen LogP contribution in [0.3, 0.4) is 0 Å². The van der Waals surface area contributed by atoms with E-state index in [9.17, 15) is 4.79 Å². The van der Waals surface area contributed by atoms with Crippen molar-refractivity contribution in [1.29, 1.82) is 0 Å². The van der Waals surface area contributed by atoms with Crippen LogP contribution in [0, 0.1) is 13.8 Å². The third kappa shape index (κ3) is 6.71. The van der Waals surface area contributed by atoms with Gasteiger partial charge < -0.3 is 15.6 Å². The van der Waals surface area contributed by atoms with Crippen LogP contribution in [0.1, 0.15) is 52.4 Å². The number of nitrogens with two attached hydrogens (primary N) is 1. The molecule has 0 aromatic heterocycles. The second-order valence-electron chi connectivity index (χ2n) is 7.81. The molecule has 0 heterocycles. The highest BCUT2D eigenvalue weighted by atomic mass is 35.5. The monoisotopic (exact) mass is 403 g/mol. The van der Waals surface area contributed by atoms with Crippen LogP contribution in [0.15, 0.2) is 36.4 Å². The Morgan fingerprint density at radius 3 is 2.57 bits per heavy atom. The van der Waals surface area contributed by atoms with Gasteiger partial charge in [0.2, 0.25) is 0 Å². The fourth-order valence-electron chi connectivity index (χ4n) is 2.83. The fourth-order valence-corrected chi connectivity index (χ4v) is 3.07. The quantitative estimate of drug-likeness (QED) is 0.577. The Bertz CT molecular complexity index is 817. The highest BCUT2D eigenvalue weighted by Gasteiger charge is 2.17. The zero-order valence-corrected chi connectivity index (χ0v) is 17.7. The largest absolute Gasteiger partial charge is 0.394 e. The Hall–Kier alpha value is -1.72. The van der Waals surface area contributed by atoms with E-state index in [4.69, 9.17) is 27.2 Å². The lowest BCUT2D eigenvalue weighted by molar-refractivity contribution is 0.0535. The van der Waals surface area contributed by atoms with Gasteiger partial charge in [0.1, 0.15) is 0 Å². The maximum atomic E-state index is 12.5. The standard InChI is InChI=1S/C23H30ClNO3/c1-16-7-8-18(11-17(16)2)5-4-6-22(27)19-9-10-20(21(24)12-19)13-28-15-23(3,25)14-26/h7-12,26H,4-6,13-15,25H2,1-3H3. The average Bonchev–Trinajstić information content (AvgIpc) is 2.65. The Morgan fingerprint density at radius 2 is 1.93 bits per heavy atom. The minimum Gasteiger partial charge on any atom is -0.394 e. The summed E-state index contributed by atoms with van der Waals surface area (Å²) < 4.78 is 5.53. The molecule has 0 spiro atoms. The molecule has 28 heavy (non-hydrogen) atoms. The van der Waals surface area contributed by atoms with Gasteiger partial charge in [-0.1, -0.05) is 41.9 Å². The molecular weight excluding hydrogens is 374 g/mol. The second-order valence-corrected chi connectivity index (χ2v) is 8.21. The van der Waals surface area contributed by atoms with E-state index in [1.54, 1.807) is 19.1 Å². The van der Waals surface area contributed by atoms with Gasteiger partial charge in [-0.15, -0.1) is 0 Å². The normalized spacial score (nSPS) is 13.4. The summed E-state index contributed by atoms with van der Waals surface area (Å²) in [6, 6.07) is 11.7. The summed E-state index contributed by atoms with van der Waals surface area (Å²) in [5.41, 5.74) is 10.3. The Kier molecular flexibility index (Phi) is 8.20. The minimum absolute atomic E-state index is 0.0908. The van der Waals surface area contributed by atoms with Crippen LogP contribution < -0.4 is 5.73 Å². The molecule has 0 bridgehead atoms. The first kappa shape index (κ1) is 22.6. The first-order chi connectivity index (χ1) is 13.2. The molecule has 0 amide bonds. The van der Waals surface area contributed by atoms with Crippen molar-refractivity contribution in [3.05, 3.63) is 69.2 Å². The summed E-state index contributed by atoms with van der Waals surface area (Å²) in [6.45, 7) is 6.27. The van der Waals surface area contributed by atoms with E-state index < -0.39 is 5.54 Å². The van der Waals surface area contributed by atoms with E-state index in [0.29, 0.717) is 17.0 Å². The molecule has 0 radical (unpaired) electrons. The van der Waals surface area contributed by atoms with Gasteiger partial charge in [0.05, 0.1) is 25.4 Å². The van der Waals surface area contributed by atoms with E-state index in [1.807, 2.05) is 6.07 Å². The molecule has 0 aliphatic heterocycles. The molecule has 3 N–H and O–H groups in total. The fraction of sp³-hybridized carbons (Fsp3) is 0.435. The Balaban J connectivity index is 1.86. The zero-order valence-electron chi connectivity index (χ0n) is 16.9. The summed E-state index contributed by atoms with van der Waals surface area (Å²) in [7, 11) is 0. The van der Waals surface area contributed by atoms with E-state index in [0.717, 1.165) is 18.4 Å². The van der Waals surface area contributed by atoms with Gasteiger partial charge in [-0.3, -0.25) is 4.79 Å². The van der Waals surface area contributed by atoms with Crippen molar-refractivity contribution < 1.29 is 14.6 Å². The molecule has 0 fully saturated rings. The van der Waals surface area contributed by atoms with Gasteiger partial charge in [-0.05, 0) is 61.9 Å². The molecule has 1 atom stereocenters. The van der Waals surface area contributed by atoms with E-state index in [2.05, 4.69) is 32.0 Å². The van der Waals surface area contributed by atoms with Gasteiger partial charge >= 0.3 is 0 Å². The van der Waals surface area contributed by atoms with Crippen molar-refractivity contribution in [2.45, 2.75) is 52.2 Å². The maximum Gasteiger partial charge on any atom is 0.162 e. The SMILES string of the molecule is Cc1ccc(CCCC(=O)c2ccc(COCC(C)(N)CO)c(Cl)c2)cc1C. The average molecular weight is 404 g/mol. The van der Waals surface area contributed by atoms with Crippen LogP contribution in [0.5, 0.6) is 0 Å². The number of hydrogen-bond acceptors (Lipinski definition) is 4. The number of carbonyl (C=O) groups excluding carboxylic acids is 1. The first-order valence-corrected chi connectivity index (χ1v) is 9.95. The molecular formula is C23H30ClNO3. The summed E-state index contributed by atoms with van der Waals surface area (Å²) in [5.74, 6) is 0.0908. The summed E-state index contributed by atoms with van der Waals surface area (Å²) in [6.07, 6.45) is 2.18. The predicted octanol–water partition coefficient (Wildman–Crippen LogP) is 4.39. The lowest BCUT2D eigenvalue weighted by Gasteiger charge is -2.21. The number of aliphatic hydroxyl groups excluding tert-OH is 1. The summed E-state index contributed by atoms with van der Waals surface area (Å²) in [4.78, 5) is 12.5. The minimum atomic E-state index is -0.779. The molecule has 0 aliphatic carbocycles. The number of ether oxygens (including phenoxy) is 1. The lowest BCUT2D eigenvalue weighted by atomic mass is 9.99. The topological polar surface area (TPSA) is 72.5 Å². The Morgan fingerprint density at radius 1 is 1.18 bits per heavy atom. The molecule has 5 heteroatoms. The van der Waals surface area contributed by atoms with Crippen LogP contribution in [-0.2, 0) is 17.8 Å². The zero-order chi connectivity index (χ0) is 20.7. The number of Topliss-reactive ketones (excluding diaryl/α,β-unsaturated/α-hetero) is 1. The highest BCUT2D eigenvalue weighted by molar-refractivity contribution is 6.31. The molecule has 2 aromatic rings. The van der Waals surface area contributed by atoms with Gasteiger partial charge in [-0.25, -0.2) is 0 Å². The summed E-state index contributed by atoms with van der Waals surface area (Å²) in [5, 5.41) is 9.65. The predicted molar refractivity (Wildman–Crippen MR) is 114 cm³/mol. The molecule has 0 saturated carbocycles. The van der Waals surface area contributed by atoms with Crippen molar-refractivity contribution in [2.75, 3.05) is 13.2 Å². The molecule has 2 rings (SSSR count). The van der Waals surface area contributed by atoms with Crippen molar-refractivity contribution in [1.82, 2.24) is 0 Å². The third-order valence-corrected chi connectivity index (χ3v) is 5.22. The number of rotatable bonds is 10. The van der Waals surface area contributed by atoms with Crippen molar-refractivity contribution >= 4 is 17.4 Å². The third-order valence-electron chi connectivity index (χ3n) is 4.87. The molecule has 1 unspecified atom stereocenters. The molecule has 152 valence electrons. The van der Waals surface area contributed by atoms with Crippen LogP contribution in [-0.4, -0.2) is 29.6 Å². The van der Waals surface area contributed by atoms with E-state index in [-0.39, 0.29) is 25.6 Å². The van der Waals surface area contributed by atoms with E-state index >= 15 is 0 Å². The van der Waals surface area contributed by atoms with Gasteiger partial charge in [0, 0.05) is 17.0 Å². The van der Waals surface area contributed by atoms with E-state index in [1.165, 1.54) is 16.7 Å². The van der Waals surface area contributed by atoms with Gasteiger partial charge in [0.15, 0.2) is 5.78 Å². The second kappa shape index (κ2) is 10.2. The van der Waals surface area contributed by atoms with Crippen LogP contribution >= 0.6 is 11.6 Å². The van der Waals surface area contributed by atoms with Crippen LogP contribution in [0.4, 0.5) is 0 Å². The number of ketones is 1. The molecule has 0 aliphatic rings. The number of carbonyl (C=O) groups is 1. The van der Waals surface area contributed by atoms with Crippen molar-refractivity contribution in [2.24, 2.45) is 5.73 Å². The highest BCUT2D eigenvalue weighted by Crippen LogP contribution is 2.21. The number of aryl methyl sites for hydroxylation is 3. The van der Waals surface area contributed by atoms with Crippen molar-refractivity contribution in [3.63, 3.8) is 0 Å². The van der Waals surface area contributed by atoms with Crippen LogP contribution in [0.2, 0.25) is 5.02 Å². The lowest BCUT2D eigenvalue weighted by Crippen LogP contribution is -2.44.